The van der Waals surface area contributed by atoms with E-state index in [4.69, 9.17) is 0 Å². The molecule has 1 atom stereocenters. The summed E-state index contributed by atoms with van der Waals surface area (Å²) in [6, 6.07) is 20.8. The van der Waals surface area contributed by atoms with Crippen molar-refractivity contribution < 1.29 is 4.79 Å². The van der Waals surface area contributed by atoms with E-state index in [2.05, 4.69) is 61.6 Å². The molecule has 0 spiro atoms. The van der Waals surface area contributed by atoms with Crippen LogP contribution < -0.4 is 5.32 Å². The first-order valence-electron chi connectivity index (χ1n) is 9.69. The zero-order chi connectivity index (χ0) is 19.9. The second kappa shape index (κ2) is 6.80. The topological polar surface area (TPSA) is 52.9 Å². The van der Waals surface area contributed by atoms with Gasteiger partial charge in [-0.25, -0.2) is 0 Å². The minimum Gasteiger partial charge on any atom is -0.361 e. The second-order valence-corrected chi connectivity index (χ2v) is 8.53. The van der Waals surface area contributed by atoms with E-state index in [9.17, 15) is 10.1 Å². The monoisotopic (exact) mass is 368 g/mol. The lowest BCUT2D eigenvalue weighted by molar-refractivity contribution is -0.118. The first-order chi connectivity index (χ1) is 13.4. The number of dihydropyridines is 1. The van der Waals surface area contributed by atoms with Crippen LogP contribution in [0.1, 0.15) is 45.1 Å². The van der Waals surface area contributed by atoms with E-state index in [0.717, 1.165) is 40.1 Å². The molecule has 3 heteroatoms. The highest BCUT2D eigenvalue weighted by Gasteiger charge is 2.40. The molecule has 2 aromatic rings. The lowest BCUT2D eigenvalue weighted by Crippen LogP contribution is -2.36. The average molecular weight is 368 g/mol. The number of nitrogens with zero attached hydrogens (tertiary/aromatic N) is 1. The van der Waals surface area contributed by atoms with Crippen LogP contribution in [0.2, 0.25) is 0 Å². The van der Waals surface area contributed by atoms with Crippen LogP contribution in [0, 0.1) is 16.7 Å². The van der Waals surface area contributed by atoms with E-state index in [1.807, 2.05) is 25.1 Å². The zero-order valence-electron chi connectivity index (χ0n) is 16.5. The van der Waals surface area contributed by atoms with E-state index < -0.39 is 0 Å². The number of benzene rings is 2. The lowest BCUT2D eigenvalue weighted by Gasteiger charge is -2.38. The fraction of sp³-hybridized carbons (Fsp3) is 0.280. The van der Waals surface area contributed by atoms with Crippen LogP contribution in [0.4, 0.5) is 0 Å². The van der Waals surface area contributed by atoms with Crippen molar-refractivity contribution in [3.8, 4) is 17.2 Å². The Morgan fingerprint density at radius 2 is 1.64 bits per heavy atom. The standard InChI is InChI=1S/C25H24N2O/c1-16-20(15-26)23(24-21(27-16)13-25(2,3)14-22(24)28)19-11-9-18(10-12-19)17-7-5-4-6-8-17/h4-12,23,27H,13-14H2,1-3H3. The number of hydrogen-bond acceptors (Lipinski definition) is 3. The predicted molar refractivity (Wildman–Crippen MR) is 111 cm³/mol. The summed E-state index contributed by atoms with van der Waals surface area (Å²) in [5.41, 5.74) is 6.46. The largest absolute Gasteiger partial charge is 0.361 e. The Morgan fingerprint density at radius 3 is 2.29 bits per heavy atom. The smallest absolute Gasteiger partial charge is 0.162 e. The molecule has 140 valence electrons. The molecule has 3 nitrogen and oxygen atoms in total. The third-order valence-electron chi connectivity index (χ3n) is 5.71. The first-order valence-corrected chi connectivity index (χ1v) is 9.69. The Balaban J connectivity index is 1.79. The third-order valence-corrected chi connectivity index (χ3v) is 5.71. The Labute approximate surface area is 166 Å². The van der Waals surface area contributed by atoms with Gasteiger partial charge >= 0.3 is 0 Å². The van der Waals surface area contributed by atoms with Crippen LogP contribution in [0.25, 0.3) is 11.1 Å². The molecule has 0 radical (unpaired) electrons. The number of ketones is 1. The molecule has 4 rings (SSSR count). The molecule has 0 aromatic heterocycles. The van der Waals surface area contributed by atoms with Gasteiger partial charge in [-0.2, -0.15) is 5.26 Å². The van der Waals surface area contributed by atoms with Gasteiger partial charge in [0.1, 0.15) is 0 Å². The highest BCUT2D eigenvalue weighted by atomic mass is 16.1. The van der Waals surface area contributed by atoms with Crippen molar-refractivity contribution in [2.24, 2.45) is 5.41 Å². The minimum absolute atomic E-state index is 0.0605. The van der Waals surface area contributed by atoms with Gasteiger partial charge in [0, 0.05) is 23.4 Å². The SMILES string of the molecule is CC1=C(C#N)C(c2ccc(-c3ccccc3)cc2)C2=C(CC(C)(C)CC2=O)N1. The van der Waals surface area contributed by atoms with Gasteiger partial charge in [0.05, 0.1) is 17.6 Å². The number of nitrogens with one attached hydrogen (secondary N) is 1. The van der Waals surface area contributed by atoms with Gasteiger partial charge in [-0.1, -0.05) is 68.4 Å². The Hall–Kier alpha value is -3.12. The molecular weight excluding hydrogens is 344 g/mol. The van der Waals surface area contributed by atoms with Crippen LogP contribution in [0.15, 0.2) is 77.1 Å². The van der Waals surface area contributed by atoms with Gasteiger partial charge in [0.15, 0.2) is 5.78 Å². The number of nitriles is 1. The number of Topliss-reactive ketones (excluding diaryl/α,β-unsaturated/α-hetero) is 1. The van der Waals surface area contributed by atoms with Crippen molar-refractivity contribution in [1.29, 1.82) is 5.26 Å². The van der Waals surface area contributed by atoms with Crippen molar-refractivity contribution in [2.45, 2.75) is 39.5 Å². The van der Waals surface area contributed by atoms with Crippen molar-refractivity contribution >= 4 is 5.78 Å². The van der Waals surface area contributed by atoms with Gasteiger partial charge in [0.2, 0.25) is 0 Å². The van der Waals surface area contributed by atoms with E-state index in [-0.39, 0.29) is 17.1 Å². The number of carbonyl (C=O) groups is 1. The maximum absolute atomic E-state index is 13.1. The lowest BCUT2D eigenvalue weighted by atomic mass is 9.69. The zero-order valence-corrected chi connectivity index (χ0v) is 16.5. The highest BCUT2D eigenvalue weighted by molar-refractivity contribution is 6.00. The Kier molecular flexibility index (Phi) is 4.43. The number of carbonyl (C=O) groups excluding carboxylic acids is 1. The summed E-state index contributed by atoms with van der Waals surface area (Å²) in [5.74, 6) is -0.134. The molecule has 2 aliphatic rings. The van der Waals surface area contributed by atoms with Gasteiger partial charge in [-0.15, -0.1) is 0 Å². The van der Waals surface area contributed by atoms with Gasteiger partial charge < -0.3 is 5.32 Å². The van der Waals surface area contributed by atoms with Crippen molar-refractivity contribution in [1.82, 2.24) is 5.32 Å². The van der Waals surface area contributed by atoms with Crippen molar-refractivity contribution in [2.75, 3.05) is 0 Å². The summed E-state index contributed by atoms with van der Waals surface area (Å²) in [6.07, 6.45) is 1.34. The van der Waals surface area contributed by atoms with Crippen LogP contribution in [-0.2, 0) is 4.79 Å². The maximum Gasteiger partial charge on any atom is 0.162 e. The van der Waals surface area contributed by atoms with Crippen molar-refractivity contribution in [3.05, 3.63) is 82.7 Å². The Bertz CT molecular complexity index is 1030. The van der Waals surface area contributed by atoms with E-state index in [1.165, 1.54) is 0 Å². The molecular formula is C25H24N2O. The van der Waals surface area contributed by atoms with E-state index in [0.29, 0.717) is 12.0 Å². The predicted octanol–water partition coefficient (Wildman–Crippen LogP) is 5.48. The fourth-order valence-corrected chi connectivity index (χ4v) is 4.42. The molecule has 0 bridgehead atoms. The molecule has 28 heavy (non-hydrogen) atoms. The highest BCUT2D eigenvalue weighted by Crippen LogP contribution is 2.46. The summed E-state index contributed by atoms with van der Waals surface area (Å²) in [5, 5.41) is 13.2. The summed E-state index contributed by atoms with van der Waals surface area (Å²) >= 11 is 0. The molecule has 1 N–H and O–H groups in total. The molecule has 1 unspecified atom stereocenters. The van der Waals surface area contributed by atoms with Crippen LogP contribution in [-0.4, -0.2) is 5.78 Å². The molecule has 0 saturated carbocycles. The fourth-order valence-electron chi connectivity index (χ4n) is 4.42. The molecule has 1 aliphatic heterocycles. The number of hydrogen-bond donors (Lipinski definition) is 1. The number of allylic oxidation sites excluding steroid dienone is 4. The molecule has 1 aliphatic carbocycles. The Morgan fingerprint density at radius 1 is 1.00 bits per heavy atom. The number of rotatable bonds is 2. The second-order valence-electron chi connectivity index (χ2n) is 8.53. The molecule has 0 saturated heterocycles. The summed E-state index contributed by atoms with van der Waals surface area (Å²) in [6.45, 7) is 6.18. The van der Waals surface area contributed by atoms with Gasteiger partial charge in [-0.05, 0) is 35.4 Å². The normalized spacial score (nSPS) is 21.1. The molecule has 1 heterocycles. The van der Waals surface area contributed by atoms with E-state index >= 15 is 0 Å². The quantitative estimate of drug-likeness (QED) is 0.763. The summed E-state index contributed by atoms with van der Waals surface area (Å²) in [7, 11) is 0. The van der Waals surface area contributed by atoms with E-state index in [1.54, 1.807) is 0 Å². The molecule has 2 aromatic carbocycles. The molecule has 0 fully saturated rings. The van der Waals surface area contributed by atoms with Gasteiger partial charge in [0.25, 0.3) is 0 Å². The van der Waals surface area contributed by atoms with Crippen molar-refractivity contribution in [3.63, 3.8) is 0 Å². The van der Waals surface area contributed by atoms with Gasteiger partial charge in [-0.3, -0.25) is 4.79 Å². The first kappa shape index (κ1) is 18.3. The summed E-state index contributed by atoms with van der Waals surface area (Å²) in [4.78, 5) is 13.1. The van der Waals surface area contributed by atoms with Crippen LogP contribution >= 0.6 is 0 Å². The molecule has 0 amide bonds. The minimum atomic E-state index is -0.283. The van der Waals surface area contributed by atoms with Crippen LogP contribution in [0.5, 0.6) is 0 Å². The summed E-state index contributed by atoms with van der Waals surface area (Å²) < 4.78 is 0. The third kappa shape index (κ3) is 3.16. The maximum atomic E-state index is 13.1. The average Bonchev–Trinajstić information content (AvgIpc) is 2.67. The van der Waals surface area contributed by atoms with Crippen LogP contribution in [0.3, 0.4) is 0 Å².